The Morgan fingerprint density at radius 2 is 1.81 bits per heavy atom. The monoisotopic (exact) mass is 216 g/mol. The summed E-state index contributed by atoms with van der Waals surface area (Å²) < 4.78 is 11.1. The zero-order valence-electron chi connectivity index (χ0n) is 9.32. The predicted octanol–water partition coefficient (Wildman–Crippen LogP) is 3.30. The molecule has 0 atom stereocenters. The van der Waals surface area contributed by atoms with E-state index in [4.69, 9.17) is 9.47 Å². The summed E-state index contributed by atoms with van der Waals surface area (Å²) in [7, 11) is 0. The van der Waals surface area contributed by atoms with Crippen molar-refractivity contribution in [1.29, 1.82) is 0 Å². The van der Waals surface area contributed by atoms with Crippen LogP contribution in [0.25, 0.3) is 6.08 Å². The first-order valence-electron chi connectivity index (χ1n) is 5.95. The van der Waals surface area contributed by atoms with E-state index in [-0.39, 0.29) is 6.29 Å². The molecule has 2 heteroatoms. The number of hydrogen-bond acceptors (Lipinski definition) is 2. The van der Waals surface area contributed by atoms with Crippen molar-refractivity contribution in [2.75, 3.05) is 13.2 Å². The van der Waals surface area contributed by atoms with Gasteiger partial charge in [0.15, 0.2) is 6.29 Å². The molecule has 2 nitrogen and oxygen atoms in total. The highest BCUT2D eigenvalue weighted by atomic mass is 16.7. The van der Waals surface area contributed by atoms with Crippen LogP contribution in [0.4, 0.5) is 0 Å². The minimum Gasteiger partial charge on any atom is -0.346 e. The molecule has 1 aromatic rings. The third-order valence-electron chi connectivity index (χ3n) is 3.23. The zero-order valence-corrected chi connectivity index (χ0v) is 9.32. The fraction of sp³-hybridized carbons (Fsp3) is 0.429. The van der Waals surface area contributed by atoms with Crippen molar-refractivity contribution >= 4 is 6.08 Å². The van der Waals surface area contributed by atoms with E-state index in [2.05, 4.69) is 24.3 Å². The van der Waals surface area contributed by atoms with Crippen molar-refractivity contribution in [3.8, 4) is 0 Å². The van der Waals surface area contributed by atoms with Gasteiger partial charge in [-0.1, -0.05) is 35.9 Å². The minimum absolute atomic E-state index is 0.159. The molecule has 2 fully saturated rings. The van der Waals surface area contributed by atoms with Gasteiger partial charge in [0, 0.05) is 5.56 Å². The standard InChI is InChI=1S/C14H16O2/c1-2-7-13(14-15-8-9-16-14)12(6-1)10-11-4-3-5-11/h1-2,6-7,10,14H,3-5,8-9H2. The van der Waals surface area contributed by atoms with Crippen LogP contribution in [0.15, 0.2) is 29.8 Å². The van der Waals surface area contributed by atoms with Gasteiger partial charge < -0.3 is 9.47 Å². The quantitative estimate of drug-likeness (QED) is 0.755. The first-order chi connectivity index (χ1) is 7.93. The first-order valence-corrected chi connectivity index (χ1v) is 5.95. The molecule has 1 aromatic carbocycles. The first kappa shape index (κ1) is 10.1. The summed E-state index contributed by atoms with van der Waals surface area (Å²) in [5.41, 5.74) is 3.97. The average molecular weight is 216 g/mol. The molecule has 1 heterocycles. The van der Waals surface area contributed by atoms with Crippen LogP contribution in [-0.2, 0) is 9.47 Å². The summed E-state index contributed by atoms with van der Waals surface area (Å²) in [6.07, 6.45) is 5.98. The van der Waals surface area contributed by atoms with E-state index >= 15 is 0 Å². The molecule has 2 aliphatic rings. The molecule has 0 aromatic heterocycles. The van der Waals surface area contributed by atoms with E-state index in [1.165, 1.54) is 30.4 Å². The van der Waals surface area contributed by atoms with E-state index in [0.717, 1.165) is 0 Å². The molecule has 1 saturated heterocycles. The molecule has 0 bridgehead atoms. The topological polar surface area (TPSA) is 18.5 Å². The van der Waals surface area contributed by atoms with Gasteiger partial charge in [-0.25, -0.2) is 0 Å². The lowest BCUT2D eigenvalue weighted by Gasteiger charge is -2.18. The molecule has 1 aliphatic carbocycles. The van der Waals surface area contributed by atoms with Crippen LogP contribution >= 0.6 is 0 Å². The Labute approximate surface area is 95.9 Å². The van der Waals surface area contributed by atoms with Crippen LogP contribution in [0.5, 0.6) is 0 Å². The summed E-state index contributed by atoms with van der Waals surface area (Å²) in [6, 6.07) is 8.36. The van der Waals surface area contributed by atoms with Gasteiger partial charge in [-0.2, -0.15) is 0 Å². The molecule has 0 N–H and O–H groups in total. The summed E-state index contributed by atoms with van der Waals surface area (Å²) in [4.78, 5) is 0. The highest BCUT2D eigenvalue weighted by Crippen LogP contribution is 2.32. The third kappa shape index (κ3) is 1.91. The molecule has 16 heavy (non-hydrogen) atoms. The second-order valence-corrected chi connectivity index (χ2v) is 4.36. The maximum Gasteiger partial charge on any atom is 0.184 e. The minimum atomic E-state index is -0.159. The Hall–Kier alpha value is -1.12. The second kappa shape index (κ2) is 4.40. The lowest BCUT2D eigenvalue weighted by atomic mass is 9.90. The van der Waals surface area contributed by atoms with Crippen molar-refractivity contribution in [2.45, 2.75) is 25.6 Å². The summed E-state index contributed by atoms with van der Waals surface area (Å²) in [6.45, 7) is 1.41. The smallest absolute Gasteiger partial charge is 0.184 e. The number of allylic oxidation sites excluding steroid dienone is 1. The Bertz CT molecular complexity index is 397. The van der Waals surface area contributed by atoms with E-state index in [1.807, 2.05) is 6.07 Å². The van der Waals surface area contributed by atoms with Crippen molar-refractivity contribution in [1.82, 2.24) is 0 Å². The molecule has 3 rings (SSSR count). The van der Waals surface area contributed by atoms with Crippen LogP contribution in [0.3, 0.4) is 0 Å². The molecule has 1 aliphatic heterocycles. The van der Waals surface area contributed by atoms with Crippen molar-refractivity contribution < 1.29 is 9.47 Å². The number of rotatable bonds is 2. The molecule has 1 saturated carbocycles. The molecule has 0 radical (unpaired) electrons. The Morgan fingerprint density at radius 1 is 1.06 bits per heavy atom. The van der Waals surface area contributed by atoms with Crippen LogP contribution in [-0.4, -0.2) is 13.2 Å². The van der Waals surface area contributed by atoms with Gasteiger partial charge in [-0.3, -0.25) is 0 Å². The Balaban J connectivity index is 1.90. The maximum absolute atomic E-state index is 5.56. The molecular formula is C14H16O2. The van der Waals surface area contributed by atoms with Gasteiger partial charge in [-0.05, 0) is 24.8 Å². The fourth-order valence-electron chi connectivity index (χ4n) is 2.14. The van der Waals surface area contributed by atoms with E-state index in [0.29, 0.717) is 13.2 Å². The SMILES string of the molecule is C(=C1CCC1)c1ccccc1C1OCCO1. The number of hydrogen-bond donors (Lipinski definition) is 0. The maximum atomic E-state index is 5.56. The highest BCUT2D eigenvalue weighted by molar-refractivity contribution is 5.58. The van der Waals surface area contributed by atoms with Gasteiger partial charge in [0.05, 0.1) is 13.2 Å². The predicted molar refractivity (Wildman–Crippen MR) is 62.9 cm³/mol. The summed E-state index contributed by atoms with van der Waals surface area (Å²) >= 11 is 0. The number of ether oxygens (including phenoxy) is 2. The van der Waals surface area contributed by atoms with Crippen LogP contribution < -0.4 is 0 Å². The second-order valence-electron chi connectivity index (χ2n) is 4.36. The van der Waals surface area contributed by atoms with Crippen molar-refractivity contribution in [3.63, 3.8) is 0 Å². The molecule has 0 amide bonds. The average Bonchev–Trinajstić information content (AvgIpc) is 2.77. The fourth-order valence-corrected chi connectivity index (χ4v) is 2.14. The highest BCUT2D eigenvalue weighted by Gasteiger charge is 2.20. The van der Waals surface area contributed by atoms with Crippen LogP contribution in [0.1, 0.15) is 36.7 Å². The molecular weight excluding hydrogens is 200 g/mol. The molecule has 0 spiro atoms. The van der Waals surface area contributed by atoms with Crippen molar-refractivity contribution in [2.24, 2.45) is 0 Å². The lowest BCUT2D eigenvalue weighted by molar-refractivity contribution is -0.0442. The van der Waals surface area contributed by atoms with E-state index in [1.54, 1.807) is 5.57 Å². The molecule has 0 unspecified atom stereocenters. The van der Waals surface area contributed by atoms with Gasteiger partial charge in [0.2, 0.25) is 0 Å². The Morgan fingerprint density at radius 3 is 2.50 bits per heavy atom. The van der Waals surface area contributed by atoms with E-state index < -0.39 is 0 Å². The van der Waals surface area contributed by atoms with Gasteiger partial charge in [0.25, 0.3) is 0 Å². The van der Waals surface area contributed by atoms with Crippen molar-refractivity contribution in [3.05, 3.63) is 41.0 Å². The lowest BCUT2D eigenvalue weighted by Crippen LogP contribution is -2.02. The zero-order chi connectivity index (χ0) is 10.8. The van der Waals surface area contributed by atoms with E-state index in [9.17, 15) is 0 Å². The normalized spacial score (nSPS) is 20.9. The third-order valence-corrected chi connectivity index (χ3v) is 3.23. The number of benzene rings is 1. The largest absolute Gasteiger partial charge is 0.346 e. The molecule has 84 valence electrons. The van der Waals surface area contributed by atoms with Crippen LogP contribution in [0.2, 0.25) is 0 Å². The van der Waals surface area contributed by atoms with Gasteiger partial charge in [-0.15, -0.1) is 0 Å². The van der Waals surface area contributed by atoms with Crippen LogP contribution in [0, 0.1) is 0 Å². The summed E-state index contributed by atoms with van der Waals surface area (Å²) in [5.74, 6) is 0. The summed E-state index contributed by atoms with van der Waals surface area (Å²) in [5, 5.41) is 0. The van der Waals surface area contributed by atoms with Gasteiger partial charge in [0.1, 0.15) is 0 Å². The van der Waals surface area contributed by atoms with Gasteiger partial charge >= 0.3 is 0 Å². The Kier molecular flexibility index (Phi) is 2.77.